The smallest absolute Gasteiger partial charge is 0.154 e. The maximum absolute atomic E-state index is 13.0. The van der Waals surface area contributed by atoms with E-state index in [0.29, 0.717) is 6.42 Å². The topological polar surface area (TPSA) is 30.2 Å². The number of rotatable bonds is 3. The van der Waals surface area contributed by atoms with Gasteiger partial charge in [-0.3, -0.25) is 0 Å². The molecule has 0 aliphatic carbocycles. The Hall–Kier alpha value is -3.01. The van der Waals surface area contributed by atoms with E-state index < -0.39 is 0 Å². The van der Waals surface area contributed by atoms with Gasteiger partial charge in [0.05, 0.1) is 17.6 Å². The Morgan fingerprint density at radius 3 is 2.70 bits per heavy atom. The quantitative estimate of drug-likeness (QED) is 0.574. The standard InChI is InChI=1S/C19H13FN3/c20-16-8-6-14(7-9-16)12-17-10-11-19-21-13-18(23(19)22-17)15-4-2-1-3-5-15/h1-2,4-11,13H,12H2. The molecule has 0 bridgehead atoms. The van der Waals surface area contributed by atoms with E-state index in [4.69, 9.17) is 0 Å². The van der Waals surface area contributed by atoms with Crippen LogP contribution in [0.4, 0.5) is 4.39 Å². The van der Waals surface area contributed by atoms with Crippen molar-refractivity contribution in [1.29, 1.82) is 0 Å². The van der Waals surface area contributed by atoms with E-state index in [1.165, 1.54) is 12.1 Å². The lowest BCUT2D eigenvalue weighted by Crippen LogP contribution is -2.00. The minimum atomic E-state index is -0.227. The lowest BCUT2D eigenvalue weighted by Gasteiger charge is -2.05. The maximum Gasteiger partial charge on any atom is 0.154 e. The molecule has 2 aromatic heterocycles. The molecule has 0 fully saturated rings. The molecule has 0 N–H and O–H groups in total. The predicted molar refractivity (Wildman–Crippen MR) is 86.5 cm³/mol. The number of fused-ring (bicyclic) bond motifs is 1. The molecule has 3 nitrogen and oxygen atoms in total. The first kappa shape index (κ1) is 13.6. The zero-order valence-electron chi connectivity index (χ0n) is 12.3. The Bertz CT molecular complexity index is 943. The zero-order chi connectivity index (χ0) is 15.6. The van der Waals surface area contributed by atoms with Gasteiger partial charge in [0.1, 0.15) is 5.82 Å². The average molecular weight is 302 g/mol. The number of hydrogen-bond acceptors (Lipinski definition) is 2. The lowest BCUT2D eigenvalue weighted by molar-refractivity contribution is 0.627. The highest BCUT2D eigenvalue weighted by molar-refractivity contribution is 5.62. The Morgan fingerprint density at radius 1 is 1.04 bits per heavy atom. The Kier molecular flexibility index (Phi) is 3.35. The second-order valence-electron chi connectivity index (χ2n) is 5.33. The fourth-order valence-corrected chi connectivity index (χ4v) is 2.57. The number of hydrogen-bond donors (Lipinski definition) is 0. The summed E-state index contributed by atoms with van der Waals surface area (Å²) in [7, 11) is 0. The van der Waals surface area contributed by atoms with Gasteiger partial charge in [-0.2, -0.15) is 5.10 Å². The molecule has 0 atom stereocenters. The fourth-order valence-electron chi connectivity index (χ4n) is 2.57. The molecule has 0 spiro atoms. The summed E-state index contributed by atoms with van der Waals surface area (Å²) < 4.78 is 14.8. The molecule has 0 unspecified atom stereocenters. The van der Waals surface area contributed by atoms with E-state index in [0.717, 1.165) is 28.2 Å². The summed E-state index contributed by atoms with van der Waals surface area (Å²) in [6, 6.07) is 21.2. The van der Waals surface area contributed by atoms with Gasteiger partial charge in [0.25, 0.3) is 0 Å². The molecule has 23 heavy (non-hydrogen) atoms. The van der Waals surface area contributed by atoms with Gasteiger partial charge in [-0.25, -0.2) is 13.9 Å². The van der Waals surface area contributed by atoms with E-state index in [1.54, 1.807) is 12.1 Å². The van der Waals surface area contributed by atoms with Gasteiger partial charge < -0.3 is 0 Å². The summed E-state index contributed by atoms with van der Waals surface area (Å²) in [5.41, 5.74) is 4.67. The van der Waals surface area contributed by atoms with Crippen LogP contribution in [0.25, 0.3) is 16.9 Å². The van der Waals surface area contributed by atoms with Gasteiger partial charge in [-0.1, -0.05) is 30.3 Å². The van der Waals surface area contributed by atoms with E-state index in [-0.39, 0.29) is 5.82 Å². The van der Waals surface area contributed by atoms with Gasteiger partial charge >= 0.3 is 0 Å². The minimum Gasteiger partial charge on any atom is -0.235 e. The van der Waals surface area contributed by atoms with Crippen molar-refractivity contribution in [2.45, 2.75) is 6.42 Å². The predicted octanol–water partition coefficient (Wildman–Crippen LogP) is 3.93. The lowest BCUT2D eigenvalue weighted by atomic mass is 10.1. The number of aromatic nitrogens is 3. The van der Waals surface area contributed by atoms with Crippen LogP contribution in [0.1, 0.15) is 11.3 Å². The highest BCUT2D eigenvalue weighted by Crippen LogP contribution is 2.20. The molecule has 0 saturated heterocycles. The SMILES string of the molecule is Fc1ccc(Cc2ccc3ncc(-c4c[c]ccc4)n3n2)cc1. The summed E-state index contributed by atoms with van der Waals surface area (Å²) in [6.07, 6.45) is 2.46. The highest BCUT2D eigenvalue weighted by atomic mass is 19.1. The van der Waals surface area contributed by atoms with Crippen molar-refractivity contribution >= 4 is 5.65 Å². The average Bonchev–Trinajstić information content (AvgIpc) is 3.01. The van der Waals surface area contributed by atoms with Crippen LogP contribution in [0.15, 0.2) is 66.9 Å². The minimum absolute atomic E-state index is 0.227. The van der Waals surface area contributed by atoms with Crippen LogP contribution in [0.2, 0.25) is 0 Å². The molecular formula is C19H13FN3. The number of nitrogens with zero attached hydrogens (tertiary/aromatic N) is 3. The van der Waals surface area contributed by atoms with Crippen molar-refractivity contribution in [3.8, 4) is 11.3 Å². The monoisotopic (exact) mass is 302 g/mol. The Morgan fingerprint density at radius 2 is 1.91 bits per heavy atom. The van der Waals surface area contributed by atoms with Crippen LogP contribution >= 0.6 is 0 Å². The summed E-state index contributed by atoms with van der Waals surface area (Å²) in [5.74, 6) is -0.227. The number of benzene rings is 2. The van der Waals surface area contributed by atoms with Crippen molar-refractivity contribution in [1.82, 2.24) is 14.6 Å². The zero-order valence-corrected chi connectivity index (χ0v) is 12.3. The largest absolute Gasteiger partial charge is 0.235 e. The van der Waals surface area contributed by atoms with Gasteiger partial charge in [-0.15, -0.1) is 0 Å². The molecule has 2 heterocycles. The molecule has 111 valence electrons. The molecule has 4 rings (SSSR count). The molecule has 4 heteroatoms. The summed E-state index contributed by atoms with van der Waals surface area (Å²) >= 11 is 0. The van der Waals surface area contributed by atoms with Crippen molar-refractivity contribution < 1.29 is 4.39 Å². The van der Waals surface area contributed by atoms with Crippen LogP contribution in [-0.2, 0) is 6.42 Å². The molecular weight excluding hydrogens is 289 g/mol. The molecule has 0 aliphatic heterocycles. The van der Waals surface area contributed by atoms with Crippen LogP contribution < -0.4 is 0 Å². The third-order valence-electron chi connectivity index (χ3n) is 3.72. The Labute approximate surface area is 133 Å². The molecule has 0 aliphatic rings. The first-order chi connectivity index (χ1) is 11.3. The van der Waals surface area contributed by atoms with Gasteiger partial charge in [0.2, 0.25) is 0 Å². The highest BCUT2D eigenvalue weighted by Gasteiger charge is 2.08. The van der Waals surface area contributed by atoms with Gasteiger partial charge in [0, 0.05) is 12.0 Å². The van der Waals surface area contributed by atoms with E-state index in [2.05, 4.69) is 16.1 Å². The third-order valence-corrected chi connectivity index (χ3v) is 3.72. The van der Waals surface area contributed by atoms with Crippen molar-refractivity contribution in [3.63, 3.8) is 0 Å². The molecule has 1 radical (unpaired) electrons. The number of halogens is 1. The van der Waals surface area contributed by atoms with Crippen molar-refractivity contribution in [2.75, 3.05) is 0 Å². The summed E-state index contributed by atoms with van der Waals surface area (Å²) in [4.78, 5) is 4.39. The van der Waals surface area contributed by atoms with Crippen LogP contribution in [-0.4, -0.2) is 14.6 Å². The van der Waals surface area contributed by atoms with E-state index >= 15 is 0 Å². The summed E-state index contributed by atoms with van der Waals surface area (Å²) in [6.45, 7) is 0. The van der Waals surface area contributed by atoms with E-state index in [9.17, 15) is 4.39 Å². The Balaban J connectivity index is 1.73. The molecule has 0 saturated carbocycles. The van der Waals surface area contributed by atoms with Crippen LogP contribution in [0, 0.1) is 11.9 Å². The van der Waals surface area contributed by atoms with E-state index in [1.807, 2.05) is 47.1 Å². The fraction of sp³-hybridized carbons (Fsp3) is 0.0526. The molecule has 2 aromatic carbocycles. The first-order valence-corrected chi connectivity index (χ1v) is 7.34. The maximum atomic E-state index is 13.0. The van der Waals surface area contributed by atoms with Crippen LogP contribution in [0.5, 0.6) is 0 Å². The third kappa shape index (κ3) is 2.71. The number of imidazole rings is 1. The second kappa shape index (κ2) is 5.65. The van der Waals surface area contributed by atoms with Crippen molar-refractivity contribution in [3.05, 3.63) is 90.0 Å². The molecule has 4 aromatic rings. The molecule has 0 amide bonds. The van der Waals surface area contributed by atoms with Crippen LogP contribution in [0.3, 0.4) is 0 Å². The van der Waals surface area contributed by atoms with Crippen molar-refractivity contribution in [2.24, 2.45) is 0 Å². The van der Waals surface area contributed by atoms with Gasteiger partial charge in [-0.05, 0) is 42.0 Å². The normalized spacial score (nSPS) is 11.0. The first-order valence-electron chi connectivity index (χ1n) is 7.34. The second-order valence-corrected chi connectivity index (χ2v) is 5.33. The van der Waals surface area contributed by atoms with Gasteiger partial charge in [0.15, 0.2) is 5.65 Å². The summed E-state index contributed by atoms with van der Waals surface area (Å²) in [5, 5.41) is 4.68.